The third-order valence-corrected chi connectivity index (χ3v) is 5.08. The molecule has 7 heteroatoms. The van der Waals surface area contributed by atoms with Crippen LogP contribution in [0.25, 0.3) is 11.6 Å². The van der Waals surface area contributed by atoms with Gasteiger partial charge >= 0.3 is 0 Å². The van der Waals surface area contributed by atoms with E-state index in [2.05, 4.69) is 44.5 Å². The van der Waals surface area contributed by atoms with Gasteiger partial charge in [-0.25, -0.2) is 0 Å². The Labute approximate surface area is 152 Å². The molecule has 1 aromatic carbocycles. The predicted octanol–water partition coefficient (Wildman–Crippen LogP) is 5.83. The van der Waals surface area contributed by atoms with Gasteiger partial charge in [0.2, 0.25) is 5.82 Å². The van der Waals surface area contributed by atoms with Crippen molar-refractivity contribution in [3.63, 3.8) is 0 Å². The summed E-state index contributed by atoms with van der Waals surface area (Å²) in [4.78, 5) is 0. The molecule has 0 saturated heterocycles. The molecule has 2 heterocycles. The molecular weight excluding hydrogens is 398 g/mol. The second-order valence-electron chi connectivity index (χ2n) is 5.25. The number of thioether (sulfide) groups is 1. The Kier molecular flexibility index (Phi) is 5.14. The predicted molar refractivity (Wildman–Crippen MR) is 96.8 cm³/mol. The van der Waals surface area contributed by atoms with Gasteiger partial charge in [-0.2, -0.15) is 0 Å². The van der Waals surface area contributed by atoms with E-state index in [9.17, 15) is 0 Å². The Hall–Kier alpha value is -1.24. The topological polar surface area (TPSA) is 43.9 Å². The highest BCUT2D eigenvalue weighted by atomic mass is 79.9. The summed E-state index contributed by atoms with van der Waals surface area (Å²) >= 11 is 11.2. The number of aromatic nitrogens is 3. The fraction of sp³-hybridized carbons (Fsp3) is 0.250. The van der Waals surface area contributed by atoms with E-state index < -0.39 is 0 Å². The number of rotatable bonds is 5. The average molecular weight is 413 g/mol. The molecular formula is C16H15BrClN3OS. The smallest absolute Gasteiger partial charge is 0.200 e. The fourth-order valence-electron chi connectivity index (χ4n) is 2.20. The maximum atomic E-state index is 6.22. The Morgan fingerprint density at radius 2 is 2.00 bits per heavy atom. The SMILES string of the molecule is CC(C)n1c(SCc2ccccc2Cl)nnc1-c1ccc(Br)o1. The lowest BCUT2D eigenvalue weighted by Crippen LogP contribution is -2.04. The maximum absolute atomic E-state index is 6.22. The lowest BCUT2D eigenvalue weighted by Gasteiger charge is -2.12. The van der Waals surface area contributed by atoms with Gasteiger partial charge in [-0.05, 0) is 53.5 Å². The van der Waals surface area contributed by atoms with E-state index in [1.807, 2.05) is 36.4 Å². The summed E-state index contributed by atoms with van der Waals surface area (Å²) in [7, 11) is 0. The zero-order valence-corrected chi connectivity index (χ0v) is 15.8. The second-order valence-corrected chi connectivity index (χ2v) is 7.39. The summed E-state index contributed by atoms with van der Waals surface area (Å²) in [5.41, 5.74) is 1.08. The van der Waals surface area contributed by atoms with Crippen molar-refractivity contribution in [1.82, 2.24) is 14.8 Å². The molecule has 0 saturated carbocycles. The van der Waals surface area contributed by atoms with Gasteiger partial charge in [0.25, 0.3) is 0 Å². The van der Waals surface area contributed by atoms with E-state index in [1.165, 1.54) is 0 Å². The maximum Gasteiger partial charge on any atom is 0.200 e. The van der Waals surface area contributed by atoms with Crippen LogP contribution in [0.1, 0.15) is 25.5 Å². The monoisotopic (exact) mass is 411 g/mol. The number of benzene rings is 1. The molecule has 0 amide bonds. The lowest BCUT2D eigenvalue weighted by molar-refractivity contribution is 0.519. The highest BCUT2D eigenvalue weighted by molar-refractivity contribution is 9.10. The van der Waals surface area contributed by atoms with Crippen LogP contribution in [-0.4, -0.2) is 14.8 Å². The first-order chi connectivity index (χ1) is 11.1. The number of hydrogen-bond donors (Lipinski definition) is 0. The van der Waals surface area contributed by atoms with Gasteiger partial charge in [0.1, 0.15) is 0 Å². The van der Waals surface area contributed by atoms with Crippen LogP contribution in [0, 0.1) is 0 Å². The van der Waals surface area contributed by atoms with E-state index in [0.29, 0.717) is 10.4 Å². The number of furan rings is 1. The molecule has 0 aliphatic heterocycles. The van der Waals surface area contributed by atoms with Gasteiger partial charge in [0, 0.05) is 16.8 Å². The van der Waals surface area contributed by atoms with Crippen molar-refractivity contribution in [2.75, 3.05) is 0 Å². The first kappa shape index (κ1) is 16.6. The molecule has 0 atom stereocenters. The molecule has 4 nitrogen and oxygen atoms in total. The zero-order valence-electron chi connectivity index (χ0n) is 12.7. The number of nitrogens with zero attached hydrogens (tertiary/aromatic N) is 3. The van der Waals surface area contributed by atoms with Crippen LogP contribution >= 0.6 is 39.3 Å². The van der Waals surface area contributed by atoms with Gasteiger partial charge in [-0.3, -0.25) is 4.57 Å². The van der Waals surface area contributed by atoms with Crippen LogP contribution in [0.4, 0.5) is 0 Å². The van der Waals surface area contributed by atoms with Crippen LogP contribution in [0.2, 0.25) is 5.02 Å². The van der Waals surface area contributed by atoms with Gasteiger partial charge in [-0.15, -0.1) is 10.2 Å². The van der Waals surface area contributed by atoms with Crippen molar-refractivity contribution in [1.29, 1.82) is 0 Å². The molecule has 23 heavy (non-hydrogen) atoms. The quantitative estimate of drug-likeness (QED) is 0.495. The first-order valence-electron chi connectivity index (χ1n) is 7.13. The molecule has 3 aromatic rings. The molecule has 0 fully saturated rings. The summed E-state index contributed by atoms with van der Waals surface area (Å²) < 4.78 is 8.37. The normalized spacial score (nSPS) is 11.3. The minimum absolute atomic E-state index is 0.220. The standard InChI is InChI=1S/C16H15BrClN3OS/c1-10(2)21-15(13-7-8-14(17)22-13)19-20-16(21)23-9-11-5-3-4-6-12(11)18/h3-8,10H,9H2,1-2H3. The summed E-state index contributed by atoms with van der Waals surface area (Å²) in [6.07, 6.45) is 0. The van der Waals surface area contributed by atoms with Crippen molar-refractivity contribution >= 4 is 39.3 Å². The van der Waals surface area contributed by atoms with Crippen molar-refractivity contribution in [3.8, 4) is 11.6 Å². The first-order valence-corrected chi connectivity index (χ1v) is 9.28. The van der Waals surface area contributed by atoms with E-state index in [-0.39, 0.29) is 6.04 Å². The third kappa shape index (κ3) is 3.65. The number of hydrogen-bond acceptors (Lipinski definition) is 4. The summed E-state index contributed by atoms with van der Waals surface area (Å²) in [5.74, 6) is 2.17. The number of halogens is 2. The van der Waals surface area contributed by atoms with Crippen molar-refractivity contribution in [3.05, 3.63) is 51.7 Å². The van der Waals surface area contributed by atoms with E-state index in [0.717, 1.165) is 27.3 Å². The zero-order chi connectivity index (χ0) is 16.4. The molecule has 0 unspecified atom stereocenters. The van der Waals surface area contributed by atoms with Crippen molar-refractivity contribution in [2.24, 2.45) is 0 Å². The van der Waals surface area contributed by atoms with Crippen LogP contribution < -0.4 is 0 Å². The Morgan fingerprint density at radius 1 is 1.22 bits per heavy atom. The second kappa shape index (κ2) is 7.11. The molecule has 0 aliphatic rings. The van der Waals surface area contributed by atoms with Crippen molar-refractivity contribution < 1.29 is 4.42 Å². The van der Waals surface area contributed by atoms with Crippen LogP contribution in [-0.2, 0) is 5.75 Å². The van der Waals surface area contributed by atoms with Crippen LogP contribution in [0.3, 0.4) is 0 Å². The van der Waals surface area contributed by atoms with Gasteiger partial charge in [0.15, 0.2) is 15.6 Å². The average Bonchev–Trinajstić information content (AvgIpc) is 3.12. The minimum Gasteiger partial charge on any atom is -0.446 e. The summed E-state index contributed by atoms with van der Waals surface area (Å²) in [6.45, 7) is 4.20. The van der Waals surface area contributed by atoms with Gasteiger partial charge in [-0.1, -0.05) is 41.6 Å². The Bertz CT molecular complexity index is 815. The highest BCUT2D eigenvalue weighted by Gasteiger charge is 2.19. The Balaban J connectivity index is 1.88. The van der Waals surface area contributed by atoms with Gasteiger partial charge < -0.3 is 4.42 Å². The van der Waals surface area contributed by atoms with Crippen LogP contribution in [0.15, 0.2) is 50.6 Å². The third-order valence-electron chi connectivity index (χ3n) is 3.29. The molecule has 2 aromatic heterocycles. The molecule has 0 radical (unpaired) electrons. The largest absolute Gasteiger partial charge is 0.446 e. The highest BCUT2D eigenvalue weighted by Crippen LogP contribution is 2.32. The molecule has 0 bridgehead atoms. The van der Waals surface area contributed by atoms with E-state index >= 15 is 0 Å². The van der Waals surface area contributed by atoms with Crippen molar-refractivity contribution in [2.45, 2.75) is 30.8 Å². The molecule has 0 spiro atoms. The fourth-order valence-corrected chi connectivity index (χ4v) is 3.86. The lowest BCUT2D eigenvalue weighted by atomic mass is 10.2. The Morgan fingerprint density at radius 3 is 2.65 bits per heavy atom. The molecule has 3 rings (SSSR count). The van der Waals surface area contributed by atoms with Gasteiger partial charge in [0.05, 0.1) is 0 Å². The molecule has 0 aliphatic carbocycles. The van der Waals surface area contributed by atoms with E-state index in [1.54, 1.807) is 11.8 Å². The minimum atomic E-state index is 0.220. The molecule has 120 valence electrons. The van der Waals surface area contributed by atoms with Crippen LogP contribution in [0.5, 0.6) is 0 Å². The summed E-state index contributed by atoms with van der Waals surface area (Å²) in [6, 6.07) is 11.8. The van der Waals surface area contributed by atoms with E-state index in [4.69, 9.17) is 16.0 Å². The molecule has 0 N–H and O–H groups in total. The summed E-state index contributed by atoms with van der Waals surface area (Å²) in [5, 5.41) is 10.2.